The fourth-order valence-corrected chi connectivity index (χ4v) is 1.16. The topological polar surface area (TPSA) is 90.9 Å². The quantitative estimate of drug-likeness (QED) is 0.465. The Bertz CT molecular complexity index is 339. The standard InChI is InChI=1S/C11H18ClNO6/c1-11(2,3)19-10(16)13-7(5-8(14)17-4)9(15)18-6-12/h7H,5-6H2,1-4H3,(H,13,16)/t7-/m0/s1. The fraction of sp³-hybridized carbons (Fsp3) is 0.727. The third-order valence-corrected chi connectivity index (χ3v) is 1.88. The number of esters is 2. The number of ether oxygens (including phenoxy) is 3. The van der Waals surface area contributed by atoms with Gasteiger partial charge in [-0.15, -0.1) is 0 Å². The van der Waals surface area contributed by atoms with Crippen molar-refractivity contribution in [2.24, 2.45) is 0 Å². The molecule has 7 nitrogen and oxygen atoms in total. The van der Waals surface area contributed by atoms with Crippen LogP contribution in [0, 0.1) is 0 Å². The summed E-state index contributed by atoms with van der Waals surface area (Å²) in [5.74, 6) is -1.51. The molecule has 0 saturated carbocycles. The smallest absolute Gasteiger partial charge is 0.408 e. The third kappa shape index (κ3) is 8.25. The van der Waals surface area contributed by atoms with Gasteiger partial charge in [-0.25, -0.2) is 9.59 Å². The van der Waals surface area contributed by atoms with Crippen LogP contribution in [0.3, 0.4) is 0 Å². The SMILES string of the molecule is COC(=O)C[C@H](NC(=O)OC(C)(C)C)C(=O)OCCl. The monoisotopic (exact) mass is 295 g/mol. The minimum atomic E-state index is -1.21. The molecular weight excluding hydrogens is 278 g/mol. The van der Waals surface area contributed by atoms with E-state index in [2.05, 4.69) is 14.8 Å². The summed E-state index contributed by atoms with van der Waals surface area (Å²) in [6.07, 6.45) is -1.21. The molecule has 1 atom stereocenters. The van der Waals surface area contributed by atoms with Crippen molar-refractivity contribution in [3.8, 4) is 0 Å². The predicted octanol–water partition coefficient (Wildman–Crippen LogP) is 1.18. The van der Waals surface area contributed by atoms with E-state index in [9.17, 15) is 14.4 Å². The predicted molar refractivity (Wildman–Crippen MR) is 66.6 cm³/mol. The molecule has 0 radical (unpaired) electrons. The van der Waals surface area contributed by atoms with E-state index in [1.165, 1.54) is 7.11 Å². The highest BCUT2D eigenvalue weighted by molar-refractivity contribution is 6.17. The van der Waals surface area contributed by atoms with Crippen LogP contribution < -0.4 is 5.32 Å². The zero-order valence-corrected chi connectivity index (χ0v) is 12.1. The molecule has 1 amide bonds. The van der Waals surface area contributed by atoms with E-state index in [0.29, 0.717) is 0 Å². The Morgan fingerprint density at radius 2 is 1.84 bits per heavy atom. The van der Waals surface area contributed by atoms with Gasteiger partial charge < -0.3 is 19.5 Å². The molecule has 0 aliphatic heterocycles. The zero-order valence-electron chi connectivity index (χ0n) is 11.3. The maximum Gasteiger partial charge on any atom is 0.408 e. The van der Waals surface area contributed by atoms with Gasteiger partial charge in [-0.1, -0.05) is 11.6 Å². The number of carbonyl (C=O) groups excluding carboxylic acids is 3. The first kappa shape index (κ1) is 17.5. The van der Waals surface area contributed by atoms with Crippen molar-refractivity contribution in [2.75, 3.05) is 13.2 Å². The molecule has 0 fully saturated rings. The van der Waals surface area contributed by atoms with E-state index >= 15 is 0 Å². The van der Waals surface area contributed by atoms with Crippen LogP contribution in [0.5, 0.6) is 0 Å². The molecule has 0 aliphatic carbocycles. The van der Waals surface area contributed by atoms with Crippen molar-refractivity contribution in [3.63, 3.8) is 0 Å². The Morgan fingerprint density at radius 3 is 2.26 bits per heavy atom. The number of carbonyl (C=O) groups is 3. The number of hydrogen-bond acceptors (Lipinski definition) is 6. The summed E-state index contributed by atoms with van der Waals surface area (Å²) in [5, 5.41) is 2.23. The molecule has 1 N–H and O–H groups in total. The summed E-state index contributed by atoms with van der Waals surface area (Å²) >= 11 is 5.25. The molecule has 0 aromatic carbocycles. The van der Waals surface area contributed by atoms with Crippen LogP contribution in [0.25, 0.3) is 0 Å². The summed E-state index contributed by atoms with van der Waals surface area (Å²) in [7, 11) is 1.17. The van der Waals surface area contributed by atoms with Crippen molar-refractivity contribution in [1.29, 1.82) is 0 Å². The summed E-state index contributed by atoms with van der Waals surface area (Å²) in [4.78, 5) is 34.2. The van der Waals surface area contributed by atoms with Gasteiger partial charge in [-0.2, -0.15) is 0 Å². The normalized spacial score (nSPS) is 12.3. The van der Waals surface area contributed by atoms with Crippen molar-refractivity contribution in [2.45, 2.75) is 38.8 Å². The van der Waals surface area contributed by atoms with Crippen molar-refractivity contribution in [3.05, 3.63) is 0 Å². The van der Waals surface area contributed by atoms with Gasteiger partial charge in [-0.3, -0.25) is 4.79 Å². The van der Waals surface area contributed by atoms with Crippen molar-refractivity contribution in [1.82, 2.24) is 5.32 Å². The number of hydrogen-bond donors (Lipinski definition) is 1. The average Bonchev–Trinajstić information content (AvgIpc) is 2.25. The molecule has 0 aromatic heterocycles. The van der Waals surface area contributed by atoms with E-state index in [4.69, 9.17) is 16.3 Å². The van der Waals surface area contributed by atoms with E-state index in [1.807, 2.05) is 0 Å². The molecule has 0 bridgehead atoms. The lowest BCUT2D eigenvalue weighted by molar-refractivity contribution is -0.150. The van der Waals surface area contributed by atoms with E-state index < -0.39 is 29.7 Å². The molecule has 8 heteroatoms. The van der Waals surface area contributed by atoms with Gasteiger partial charge in [0.05, 0.1) is 13.5 Å². The molecule has 0 unspecified atom stereocenters. The van der Waals surface area contributed by atoms with Crippen molar-refractivity contribution >= 4 is 29.6 Å². The lowest BCUT2D eigenvalue weighted by Crippen LogP contribution is -2.45. The maximum atomic E-state index is 11.5. The second-order valence-corrected chi connectivity index (χ2v) is 4.77. The van der Waals surface area contributed by atoms with E-state index in [1.54, 1.807) is 20.8 Å². The van der Waals surface area contributed by atoms with Crippen LogP contribution >= 0.6 is 11.6 Å². The van der Waals surface area contributed by atoms with Crippen LogP contribution in [0.1, 0.15) is 27.2 Å². The molecule has 0 saturated heterocycles. The van der Waals surface area contributed by atoms with Gasteiger partial charge in [0.1, 0.15) is 11.6 Å². The Morgan fingerprint density at radius 1 is 1.26 bits per heavy atom. The summed E-state index contributed by atoms with van der Waals surface area (Å²) in [5.41, 5.74) is -0.726. The van der Waals surface area contributed by atoms with Crippen LogP contribution in [-0.2, 0) is 23.8 Å². The van der Waals surface area contributed by atoms with E-state index in [-0.39, 0.29) is 12.5 Å². The highest BCUT2D eigenvalue weighted by atomic mass is 35.5. The molecule has 0 aliphatic rings. The minimum Gasteiger partial charge on any atom is -0.469 e. The fourth-order valence-electron chi connectivity index (χ4n) is 1.05. The lowest BCUT2D eigenvalue weighted by atomic mass is 10.2. The largest absolute Gasteiger partial charge is 0.469 e. The number of amides is 1. The summed E-state index contributed by atoms with van der Waals surface area (Å²) < 4.78 is 13.9. The Hall–Kier alpha value is -1.50. The molecule has 0 rings (SSSR count). The highest BCUT2D eigenvalue weighted by Crippen LogP contribution is 2.08. The molecular formula is C11H18ClNO6. The Balaban J connectivity index is 4.61. The van der Waals surface area contributed by atoms with Gasteiger partial charge in [0.25, 0.3) is 0 Å². The summed E-state index contributed by atoms with van der Waals surface area (Å²) in [6, 6.07) is -1.59. The van der Waals surface area contributed by atoms with Gasteiger partial charge in [0, 0.05) is 0 Å². The average molecular weight is 296 g/mol. The van der Waals surface area contributed by atoms with Gasteiger partial charge >= 0.3 is 18.0 Å². The number of nitrogens with one attached hydrogen (secondary N) is 1. The lowest BCUT2D eigenvalue weighted by Gasteiger charge is -2.22. The van der Waals surface area contributed by atoms with Gasteiger partial charge in [0.2, 0.25) is 0 Å². The maximum absolute atomic E-state index is 11.5. The first-order valence-electron chi connectivity index (χ1n) is 5.48. The van der Waals surface area contributed by atoms with Crippen LogP contribution in [0.4, 0.5) is 4.79 Å². The number of rotatable bonds is 5. The van der Waals surface area contributed by atoms with Crippen molar-refractivity contribution < 1.29 is 28.6 Å². The molecule has 110 valence electrons. The van der Waals surface area contributed by atoms with Crippen LogP contribution in [-0.4, -0.2) is 42.9 Å². The molecule has 0 spiro atoms. The molecule has 0 aromatic rings. The Kier molecular flexibility index (Phi) is 7.21. The van der Waals surface area contributed by atoms with Crippen LogP contribution in [0.2, 0.25) is 0 Å². The van der Waals surface area contributed by atoms with Crippen LogP contribution in [0.15, 0.2) is 0 Å². The van der Waals surface area contributed by atoms with E-state index in [0.717, 1.165) is 0 Å². The third-order valence-electron chi connectivity index (χ3n) is 1.77. The number of methoxy groups -OCH3 is 1. The highest BCUT2D eigenvalue weighted by Gasteiger charge is 2.28. The first-order chi connectivity index (χ1) is 8.69. The number of alkyl halides is 1. The van der Waals surface area contributed by atoms with Gasteiger partial charge in [-0.05, 0) is 20.8 Å². The first-order valence-corrected chi connectivity index (χ1v) is 6.02. The zero-order chi connectivity index (χ0) is 15.1. The minimum absolute atomic E-state index is 0.370. The van der Waals surface area contributed by atoms with Gasteiger partial charge in [0.15, 0.2) is 6.07 Å². The molecule has 19 heavy (non-hydrogen) atoms. The number of alkyl carbamates (subject to hydrolysis) is 1. The summed E-state index contributed by atoms with van der Waals surface area (Å²) in [6.45, 7) is 5.00. The second kappa shape index (κ2) is 7.83. The second-order valence-electron chi connectivity index (χ2n) is 4.55. The number of halogens is 1. The Labute approximate surface area is 116 Å². The molecule has 0 heterocycles.